The highest BCUT2D eigenvalue weighted by Gasteiger charge is 2.30. The maximum Gasteiger partial charge on any atom is 0.115 e. The highest BCUT2D eigenvalue weighted by atomic mass is 16.3. The van der Waals surface area contributed by atoms with Crippen molar-refractivity contribution in [2.45, 2.75) is 58.0 Å². The van der Waals surface area contributed by atoms with Crippen LogP contribution in [0, 0.1) is 0 Å². The summed E-state index contributed by atoms with van der Waals surface area (Å²) in [5.74, 6) is 0.644. The van der Waals surface area contributed by atoms with Crippen LogP contribution in [-0.4, -0.2) is 15.8 Å². The molecule has 0 saturated carbocycles. The van der Waals surface area contributed by atoms with E-state index in [0.29, 0.717) is 18.1 Å². The lowest BCUT2D eigenvalue weighted by Crippen LogP contribution is -2.30. The molecule has 1 aliphatic carbocycles. The molecule has 2 N–H and O–H groups in total. The predicted molar refractivity (Wildman–Crippen MR) is 87.5 cm³/mol. The van der Waals surface area contributed by atoms with Gasteiger partial charge in [-0.2, -0.15) is 0 Å². The van der Waals surface area contributed by atoms with E-state index in [4.69, 9.17) is 0 Å². The molecule has 2 nitrogen and oxygen atoms in total. The molecule has 0 bridgehead atoms. The normalized spacial score (nSPS) is 23.4. The number of aromatic hydroxyl groups is 1. The average molecular weight is 286 g/mol. The lowest BCUT2D eigenvalue weighted by Gasteiger charge is -2.32. The molecule has 114 valence electrons. The van der Waals surface area contributed by atoms with E-state index in [1.165, 1.54) is 11.1 Å². The molecule has 0 saturated heterocycles. The summed E-state index contributed by atoms with van der Waals surface area (Å²) in [6, 6.07) is 7.50. The summed E-state index contributed by atoms with van der Waals surface area (Å²) >= 11 is 0. The van der Waals surface area contributed by atoms with Gasteiger partial charge in [-0.15, -0.1) is 0 Å². The zero-order valence-electron chi connectivity index (χ0n) is 13.3. The first-order chi connectivity index (χ1) is 10.00. The van der Waals surface area contributed by atoms with Crippen molar-refractivity contribution in [2.75, 3.05) is 0 Å². The van der Waals surface area contributed by atoms with Crippen LogP contribution in [0.1, 0.15) is 57.9 Å². The molecule has 1 aromatic carbocycles. The van der Waals surface area contributed by atoms with Crippen LogP contribution in [-0.2, 0) is 0 Å². The Bertz CT molecular complexity index is 539. The van der Waals surface area contributed by atoms with Gasteiger partial charge in [0.2, 0.25) is 0 Å². The van der Waals surface area contributed by atoms with E-state index in [1.807, 2.05) is 26.0 Å². The Morgan fingerprint density at radius 1 is 1.19 bits per heavy atom. The van der Waals surface area contributed by atoms with Gasteiger partial charge in [-0.3, -0.25) is 0 Å². The third-order valence-electron chi connectivity index (χ3n) is 4.65. The van der Waals surface area contributed by atoms with Crippen LogP contribution < -0.4 is 0 Å². The quantitative estimate of drug-likeness (QED) is 0.824. The van der Waals surface area contributed by atoms with Gasteiger partial charge in [0, 0.05) is 5.92 Å². The van der Waals surface area contributed by atoms with Crippen LogP contribution in [0.2, 0.25) is 0 Å². The maximum atomic E-state index is 10.5. The fourth-order valence-electron chi connectivity index (χ4n) is 3.08. The van der Waals surface area contributed by atoms with Crippen molar-refractivity contribution in [3.8, 4) is 5.75 Å². The number of hydrogen-bond donors (Lipinski definition) is 2. The fourth-order valence-corrected chi connectivity index (χ4v) is 3.08. The van der Waals surface area contributed by atoms with Crippen LogP contribution >= 0.6 is 0 Å². The summed E-state index contributed by atoms with van der Waals surface area (Å²) in [4.78, 5) is 0. The highest BCUT2D eigenvalue weighted by molar-refractivity contribution is 5.42. The van der Waals surface area contributed by atoms with Crippen molar-refractivity contribution < 1.29 is 10.2 Å². The Labute approximate surface area is 127 Å². The van der Waals surface area contributed by atoms with E-state index in [2.05, 4.69) is 19.1 Å². The van der Waals surface area contributed by atoms with E-state index in [0.717, 1.165) is 24.8 Å². The SMILES string of the molecule is CCCC(C1=CCC(O)(CC)C(C)=C1)c1ccc(O)cc1. The Kier molecular flexibility index (Phi) is 4.89. The monoisotopic (exact) mass is 286 g/mol. The number of allylic oxidation sites excluding steroid dienone is 2. The molecule has 0 aromatic heterocycles. The first-order valence-electron chi connectivity index (χ1n) is 7.90. The molecule has 1 aliphatic rings. The van der Waals surface area contributed by atoms with Crippen molar-refractivity contribution in [2.24, 2.45) is 0 Å². The van der Waals surface area contributed by atoms with Gasteiger partial charge in [0.05, 0.1) is 5.60 Å². The summed E-state index contributed by atoms with van der Waals surface area (Å²) in [5.41, 5.74) is 2.90. The molecule has 0 spiro atoms. The number of benzene rings is 1. The maximum absolute atomic E-state index is 10.5. The first kappa shape index (κ1) is 15.8. The molecular weight excluding hydrogens is 260 g/mol. The van der Waals surface area contributed by atoms with Gasteiger partial charge in [-0.25, -0.2) is 0 Å². The van der Waals surface area contributed by atoms with Crippen molar-refractivity contribution in [1.29, 1.82) is 0 Å². The predicted octanol–water partition coefficient (Wildman–Crippen LogP) is 4.69. The van der Waals surface area contributed by atoms with E-state index in [1.54, 1.807) is 12.1 Å². The molecule has 2 atom stereocenters. The zero-order valence-corrected chi connectivity index (χ0v) is 13.3. The largest absolute Gasteiger partial charge is 0.508 e. The minimum Gasteiger partial charge on any atom is -0.508 e. The van der Waals surface area contributed by atoms with E-state index < -0.39 is 5.60 Å². The topological polar surface area (TPSA) is 40.5 Å². The summed E-state index contributed by atoms with van der Waals surface area (Å²) in [6.07, 6.45) is 7.96. The van der Waals surface area contributed by atoms with E-state index >= 15 is 0 Å². The van der Waals surface area contributed by atoms with Crippen LogP contribution in [0.5, 0.6) is 5.75 Å². The zero-order chi connectivity index (χ0) is 15.5. The number of phenols is 1. The molecule has 0 radical (unpaired) electrons. The Morgan fingerprint density at radius 3 is 2.38 bits per heavy atom. The van der Waals surface area contributed by atoms with Crippen molar-refractivity contribution >= 4 is 0 Å². The van der Waals surface area contributed by atoms with Crippen molar-refractivity contribution in [3.05, 3.63) is 53.1 Å². The Morgan fingerprint density at radius 2 is 1.86 bits per heavy atom. The smallest absolute Gasteiger partial charge is 0.115 e. The number of aliphatic hydroxyl groups is 1. The third kappa shape index (κ3) is 3.38. The molecule has 21 heavy (non-hydrogen) atoms. The van der Waals surface area contributed by atoms with Gasteiger partial charge in [-0.05, 0) is 55.0 Å². The molecular formula is C19H26O2. The van der Waals surface area contributed by atoms with Gasteiger partial charge < -0.3 is 10.2 Å². The van der Waals surface area contributed by atoms with Crippen molar-refractivity contribution in [3.63, 3.8) is 0 Å². The first-order valence-corrected chi connectivity index (χ1v) is 7.90. The average Bonchev–Trinajstić information content (AvgIpc) is 2.49. The molecule has 0 heterocycles. The molecule has 0 amide bonds. The summed E-state index contributed by atoms with van der Waals surface area (Å²) in [6.45, 7) is 6.24. The second kappa shape index (κ2) is 6.48. The lowest BCUT2D eigenvalue weighted by molar-refractivity contribution is 0.0754. The summed E-state index contributed by atoms with van der Waals surface area (Å²) < 4.78 is 0. The van der Waals surface area contributed by atoms with E-state index in [-0.39, 0.29) is 0 Å². The fraction of sp³-hybridized carbons (Fsp3) is 0.474. The molecule has 2 rings (SSSR count). The number of hydrogen-bond acceptors (Lipinski definition) is 2. The highest BCUT2D eigenvalue weighted by Crippen LogP contribution is 2.38. The lowest BCUT2D eigenvalue weighted by atomic mass is 9.77. The van der Waals surface area contributed by atoms with Gasteiger partial charge >= 0.3 is 0 Å². The van der Waals surface area contributed by atoms with Crippen LogP contribution in [0.4, 0.5) is 0 Å². The third-order valence-corrected chi connectivity index (χ3v) is 4.65. The molecule has 2 heteroatoms. The number of rotatable bonds is 5. The Balaban J connectivity index is 2.30. The van der Waals surface area contributed by atoms with Gasteiger partial charge in [0.25, 0.3) is 0 Å². The standard InChI is InChI=1S/C19H26O2/c1-4-6-18(15-7-9-17(20)10-8-15)16-11-12-19(21,5-2)14(3)13-16/h7-11,13,18,20-21H,4-6,12H2,1-3H3. The summed E-state index contributed by atoms with van der Waals surface area (Å²) in [5, 5.41) is 20.0. The van der Waals surface area contributed by atoms with E-state index in [9.17, 15) is 10.2 Å². The van der Waals surface area contributed by atoms with Gasteiger partial charge in [0.1, 0.15) is 5.75 Å². The Hall–Kier alpha value is -1.54. The molecule has 0 fully saturated rings. The van der Waals surface area contributed by atoms with Crippen molar-refractivity contribution in [1.82, 2.24) is 0 Å². The molecule has 1 aromatic rings. The minimum absolute atomic E-state index is 0.304. The molecule has 2 unspecified atom stereocenters. The van der Waals surface area contributed by atoms with Gasteiger partial charge in [0.15, 0.2) is 0 Å². The second-order valence-electron chi connectivity index (χ2n) is 6.05. The van der Waals surface area contributed by atoms with Crippen LogP contribution in [0.15, 0.2) is 47.6 Å². The van der Waals surface area contributed by atoms with Crippen LogP contribution in [0.25, 0.3) is 0 Å². The van der Waals surface area contributed by atoms with Crippen LogP contribution in [0.3, 0.4) is 0 Å². The minimum atomic E-state index is -0.671. The number of phenolic OH excluding ortho intramolecular Hbond substituents is 1. The van der Waals surface area contributed by atoms with Gasteiger partial charge in [-0.1, -0.05) is 44.6 Å². The molecule has 0 aliphatic heterocycles. The summed E-state index contributed by atoms with van der Waals surface area (Å²) in [7, 11) is 0. The second-order valence-corrected chi connectivity index (χ2v) is 6.05.